The number of aliphatic imine (C=N–C) groups is 4. The van der Waals surface area contributed by atoms with Crippen LogP contribution in [-0.2, 0) is 40.1 Å². The molecule has 1 aromatic heterocycles. The number of rotatable bonds is 8. The average Bonchev–Trinajstić information content (AvgIpc) is 4.32. The topological polar surface area (TPSA) is 127 Å². The van der Waals surface area contributed by atoms with Crippen LogP contribution in [0.2, 0.25) is 0 Å². The molecule has 4 aromatic carbocycles. The maximum absolute atomic E-state index is 5.51. The summed E-state index contributed by atoms with van der Waals surface area (Å²) < 4.78 is 8.60. The van der Waals surface area contributed by atoms with Crippen molar-refractivity contribution in [3.05, 3.63) is 145 Å². The van der Waals surface area contributed by atoms with E-state index in [9.17, 15) is 0 Å². The Bertz CT molecular complexity index is 3550. The van der Waals surface area contributed by atoms with E-state index in [4.69, 9.17) is 40.3 Å². The maximum atomic E-state index is 5.51. The molecule has 5 heterocycles. The molecule has 0 spiro atoms. The summed E-state index contributed by atoms with van der Waals surface area (Å²) in [7, 11) is 33.3. The van der Waals surface area contributed by atoms with Crippen molar-refractivity contribution in [1.82, 2.24) is 24.6 Å². The van der Waals surface area contributed by atoms with E-state index in [1.54, 1.807) is 47.0 Å². The second kappa shape index (κ2) is 29.4. The van der Waals surface area contributed by atoms with Crippen LogP contribution in [0.25, 0.3) is 16.1 Å². The number of hydrogen-bond donors (Lipinski definition) is 0. The van der Waals surface area contributed by atoms with Crippen LogP contribution >= 0.6 is 47.0 Å². The summed E-state index contributed by atoms with van der Waals surface area (Å²) in [5.74, 6) is 5.24. The van der Waals surface area contributed by atoms with Gasteiger partial charge in [-0.25, -0.2) is 15.0 Å². The fourth-order valence-electron chi connectivity index (χ4n) is 9.71. The second-order valence-electron chi connectivity index (χ2n) is 20.7. The quantitative estimate of drug-likeness (QED) is 0.0648. The van der Waals surface area contributed by atoms with Gasteiger partial charge in [-0.05, 0) is 110 Å². The third-order valence-electron chi connectivity index (χ3n) is 12.8. The molecule has 0 fully saturated rings. The standard InChI is InChI=1S/C56H70N16S4.4ClH.Cu/c1-65(2)53(66(3)4)73-29-33-17-21-37-41(25-33)49-58-45(37)57-46-38-22-18-35(31-75-55(69(9)10)70(11)12)27-43(38)51(59-46)64-52-44-28-36(32-76-56(71(13)14)72(15)16)20-24-40(44)48(63-52)62-50-42-26-34(19-23-39(42)47(60-49)61-50)30-74-54(67(5)6)68(7)8;;;;;/h17-28,48,52H,29-32H2,1-16H3;4*1H;/q+2;;;;;+2/p-4. The van der Waals surface area contributed by atoms with Crippen molar-refractivity contribution in [1.29, 1.82) is 0 Å². The smallest absolute Gasteiger partial charge is 1.00 e. The first-order valence-electron chi connectivity index (χ1n) is 25.1. The molecule has 5 aromatic rings. The minimum absolute atomic E-state index is 0. The van der Waals surface area contributed by atoms with E-state index in [0.29, 0.717) is 34.3 Å². The average molecular weight is 1300 g/mol. The molecular weight excluding hydrogens is 1230 g/mol. The van der Waals surface area contributed by atoms with Crippen molar-refractivity contribution in [2.45, 2.75) is 35.3 Å². The van der Waals surface area contributed by atoms with Gasteiger partial charge in [-0.2, -0.15) is 0 Å². The first-order valence-corrected chi connectivity index (χ1v) is 29.0. The van der Waals surface area contributed by atoms with E-state index in [1.807, 2.05) is 0 Å². The van der Waals surface area contributed by atoms with Crippen LogP contribution in [0.15, 0.2) is 103 Å². The third kappa shape index (κ3) is 15.3. The molecule has 25 heteroatoms. The van der Waals surface area contributed by atoms with Gasteiger partial charge in [-0.1, -0.05) is 66.3 Å². The van der Waals surface area contributed by atoms with Crippen molar-refractivity contribution in [2.75, 3.05) is 113 Å². The fourth-order valence-corrected chi connectivity index (χ4v) is 13.7. The van der Waals surface area contributed by atoms with Gasteiger partial charge in [0.1, 0.15) is 0 Å². The molecule has 2 unspecified atom stereocenters. The maximum Gasteiger partial charge on any atom is 2.00 e. The molecular formula is C56H70Cl4CuN16S4. The molecule has 81 heavy (non-hydrogen) atoms. The number of fused-ring (bicyclic) bond motifs is 18. The summed E-state index contributed by atoms with van der Waals surface area (Å²) in [5.41, 5.74) is 11.3. The Morgan fingerprint density at radius 1 is 0.407 bits per heavy atom. The van der Waals surface area contributed by atoms with E-state index >= 15 is 0 Å². The summed E-state index contributed by atoms with van der Waals surface area (Å²) >= 11 is 7.17. The third-order valence-corrected chi connectivity index (χ3v) is 18.6. The molecule has 8 bridgehead atoms. The molecule has 2 atom stereocenters. The summed E-state index contributed by atoms with van der Waals surface area (Å²) in [6.45, 7) is 0. The Kier molecular flexibility index (Phi) is 25.1. The number of thioether (sulfide) groups is 4. The van der Waals surface area contributed by atoms with Crippen molar-refractivity contribution in [2.24, 2.45) is 30.0 Å². The number of halogens is 4. The molecule has 0 saturated heterocycles. The zero-order valence-corrected chi connectivity index (χ0v) is 55.7. The molecule has 0 N–H and O–H groups in total. The van der Waals surface area contributed by atoms with Crippen LogP contribution in [0.5, 0.6) is 0 Å². The summed E-state index contributed by atoms with van der Waals surface area (Å²) in [4.78, 5) is 46.2. The van der Waals surface area contributed by atoms with E-state index in [0.717, 1.165) is 105 Å². The Hall–Kier alpha value is -4.38. The first kappa shape index (κ1) is 69.1. The van der Waals surface area contributed by atoms with Gasteiger partial charge in [0.25, 0.3) is 0 Å². The van der Waals surface area contributed by atoms with E-state index in [-0.39, 0.29) is 66.7 Å². The Morgan fingerprint density at radius 2 is 0.778 bits per heavy atom. The molecule has 0 saturated carbocycles. The molecule has 0 amide bonds. The predicted molar refractivity (Wildman–Crippen MR) is 322 cm³/mol. The van der Waals surface area contributed by atoms with E-state index in [1.165, 1.54) is 5.56 Å². The van der Waals surface area contributed by atoms with E-state index in [2.05, 4.69) is 223 Å². The molecule has 437 valence electrons. The summed E-state index contributed by atoms with van der Waals surface area (Å²) in [6, 6.07) is 26.2. The van der Waals surface area contributed by atoms with Gasteiger partial charge < -0.3 is 69.9 Å². The molecule has 0 aliphatic carbocycles. The SMILES string of the molecule is CN(C)C(SCc1ccc2c(c1)C1=NC2=NC2=N/C(=N\C3[N-]C(/N=c4/[n-]c(c5ccc(CSC(N(C)C)=[N+](C)C)cc45)=N1)c1ccc(CSC(N(C)C)=[N+](C)C)cc13)c1cc(CSC(N(C)C)=[N+](C)C)ccc12)=[N+](C)C.[Cl-].[Cl-].[Cl-].[Cl-].[Cu+2]. The van der Waals surface area contributed by atoms with Gasteiger partial charge >= 0.3 is 37.7 Å². The Labute approximate surface area is 530 Å². The van der Waals surface area contributed by atoms with Gasteiger partial charge in [0, 0.05) is 56.2 Å². The number of aromatic nitrogens is 1. The predicted octanol–water partition coefficient (Wildman–Crippen LogP) is -5.75. The minimum Gasteiger partial charge on any atom is -1.00 e. The van der Waals surface area contributed by atoms with Crippen molar-refractivity contribution >= 4 is 102 Å². The largest absolute Gasteiger partial charge is 2.00 e. The molecule has 4 aliphatic rings. The molecule has 1 radical (unpaired) electrons. The van der Waals surface area contributed by atoms with Gasteiger partial charge in [-0.3, -0.25) is 42.9 Å². The summed E-state index contributed by atoms with van der Waals surface area (Å²) in [6.07, 6.45) is -1.18. The van der Waals surface area contributed by atoms with Crippen molar-refractivity contribution in [3.63, 3.8) is 0 Å². The minimum atomic E-state index is -0.596. The van der Waals surface area contributed by atoms with Crippen LogP contribution in [0.1, 0.15) is 68.0 Å². The Morgan fingerprint density at radius 3 is 1.22 bits per heavy atom. The van der Waals surface area contributed by atoms with Gasteiger partial charge in [0.15, 0.2) is 17.5 Å². The molecule has 9 rings (SSSR count). The molecule has 4 aliphatic heterocycles. The van der Waals surface area contributed by atoms with Crippen LogP contribution < -0.4 is 65.6 Å². The van der Waals surface area contributed by atoms with Crippen LogP contribution in [0, 0.1) is 0 Å². The number of hydrogen-bond acceptors (Lipinski definition) is 10. The van der Waals surface area contributed by atoms with Crippen molar-refractivity contribution in [3.8, 4) is 0 Å². The normalized spacial score (nSPS) is 15.8. The zero-order valence-electron chi connectivity index (χ0n) is 48.5. The summed E-state index contributed by atoms with van der Waals surface area (Å²) in [5, 5.41) is 11.9. The monoisotopic (exact) mass is 1300 g/mol. The zero-order chi connectivity index (χ0) is 54.3. The van der Waals surface area contributed by atoms with Gasteiger partial charge in [0.05, 0.1) is 119 Å². The van der Waals surface area contributed by atoms with Crippen LogP contribution in [0.3, 0.4) is 0 Å². The van der Waals surface area contributed by atoms with Gasteiger partial charge in [-0.15, -0.1) is 0 Å². The first-order chi connectivity index (χ1) is 36.2. The van der Waals surface area contributed by atoms with Crippen molar-refractivity contribution < 1.29 is 85.0 Å². The fraction of sp³-hybridized carbons (Fsp3) is 0.393. The number of nitrogens with zero attached hydrogens (tertiary/aromatic N) is 16. The van der Waals surface area contributed by atoms with Gasteiger partial charge in [0.2, 0.25) is 0 Å². The van der Waals surface area contributed by atoms with Crippen LogP contribution in [0.4, 0.5) is 0 Å². The second-order valence-corrected chi connectivity index (χ2v) is 24.5. The number of amidine groups is 8. The van der Waals surface area contributed by atoms with E-state index < -0.39 is 12.3 Å². The van der Waals surface area contributed by atoms with Crippen LogP contribution in [-0.4, -0.2) is 195 Å². The number of benzene rings is 4. The molecule has 16 nitrogen and oxygen atoms in total. The Balaban J connectivity index is 0.00000282.